The summed E-state index contributed by atoms with van der Waals surface area (Å²) >= 11 is 0. The lowest BCUT2D eigenvalue weighted by atomic mass is 10.0. The van der Waals surface area contributed by atoms with Gasteiger partial charge in [-0.25, -0.2) is 4.39 Å². The molecule has 0 spiro atoms. The molecule has 1 saturated heterocycles. The summed E-state index contributed by atoms with van der Waals surface area (Å²) in [4.78, 5) is 38.7. The van der Waals surface area contributed by atoms with E-state index in [1.54, 1.807) is 17.0 Å². The van der Waals surface area contributed by atoms with Crippen LogP contribution in [-0.2, 0) is 20.9 Å². The third-order valence-corrected chi connectivity index (χ3v) is 4.26. The molecule has 1 aliphatic heterocycles. The third-order valence-electron chi connectivity index (χ3n) is 4.26. The molecule has 2 N–H and O–H groups in total. The lowest BCUT2D eigenvalue weighted by Crippen LogP contribution is -2.49. The van der Waals surface area contributed by atoms with Crippen LogP contribution in [0.2, 0.25) is 0 Å². The Balaban J connectivity index is 2.24. The molecular formula is C17H22FN3O3. The average molecular weight is 335 g/mol. The predicted octanol–water partition coefficient (Wildman–Crippen LogP) is 0.896. The minimum Gasteiger partial charge on any atom is -0.361 e. The van der Waals surface area contributed by atoms with Crippen molar-refractivity contribution in [3.63, 3.8) is 0 Å². The largest absolute Gasteiger partial charge is 0.361 e. The van der Waals surface area contributed by atoms with Crippen molar-refractivity contribution in [2.75, 3.05) is 13.1 Å². The van der Waals surface area contributed by atoms with Crippen molar-refractivity contribution in [3.8, 4) is 0 Å². The Bertz CT molecular complexity index is 630. The molecule has 0 bridgehead atoms. The molecule has 0 unspecified atom stereocenters. The van der Waals surface area contributed by atoms with E-state index in [9.17, 15) is 18.8 Å². The first-order valence-corrected chi connectivity index (χ1v) is 7.92. The van der Waals surface area contributed by atoms with E-state index in [4.69, 9.17) is 5.73 Å². The van der Waals surface area contributed by atoms with Gasteiger partial charge in [0.25, 0.3) is 0 Å². The molecule has 1 aromatic rings. The summed E-state index contributed by atoms with van der Waals surface area (Å²) in [5, 5.41) is 0. The Kier molecular flexibility index (Phi) is 5.54. The fourth-order valence-electron chi connectivity index (χ4n) is 2.88. The van der Waals surface area contributed by atoms with E-state index < -0.39 is 11.8 Å². The number of nitrogens with zero attached hydrogens (tertiary/aromatic N) is 2. The smallest absolute Gasteiger partial charge is 0.311 e. The number of halogens is 1. The topological polar surface area (TPSA) is 83.7 Å². The lowest BCUT2D eigenvalue weighted by molar-refractivity contribution is -0.144. The minimum absolute atomic E-state index is 0.0793. The zero-order valence-electron chi connectivity index (χ0n) is 13.9. The number of rotatable bonds is 3. The number of primary amides is 1. The summed E-state index contributed by atoms with van der Waals surface area (Å²) in [5.74, 6) is -2.14. The van der Waals surface area contributed by atoms with E-state index in [0.717, 1.165) is 5.56 Å². The first-order valence-electron chi connectivity index (χ1n) is 7.92. The summed E-state index contributed by atoms with van der Waals surface area (Å²) in [7, 11) is 0. The molecule has 6 nitrogen and oxygen atoms in total. The molecule has 1 atom stereocenters. The molecule has 24 heavy (non-hydrogen) atoms. The van der Waals surface area contributed by atoms with Crippen LogP contribution in [0.3, 0.4) is 0 Å². The maximum absolute atomic E-state index is 13.1. The second kappa shape index (κ2) is 7.42. The van der Waals surface area contributed by atoms with Crippen LogP contribution in [0.15, 0.2) is 24.3 Å². The van der Waals surface area contributed by atoms with Gasteiger partial charge in [0, 0.05) is 26.1 Å². The van der Waals surface area contributed by atoms with E-state index >= 15 is 0 Å². The quantitative estimate of drug-likeness (QED) is 0.833. The van der Waals surface area contributed by atoms with Gasteiger partial charge in [-0.2, -0.15) is 0 Å². The van der Waals surface area contributed by atoms with Gasteiger partial charge < -0.3 is 15.5 Å². The van der Waals surface area contributed by atoms with Crippen LogP contribution in [0, 0.1) is 11.7 Å². The van der Waals surface area contributed by atoms with Gasteiger partial charge in [0.15, 0.2) is 0 Å². The van der Waals surface area contributed by atoms with Gasteiger partial charge in [0.2, 0.25) is 5.91 Å². The molecule has 0 aliphatic carbocycles. The van der Waals surface area contributed by atoms with Crippen LogP contribution < -0.4 is 5.73 Å². The highest BCUT2D eigenvalue weighted by molar-refractivity contribution is 6.34. The molecular weight excluding hydrogens is 313 g/mol. The van der Waals surface area contributed by atoms with Gasteiger partial charge in [0.1, 0.15) is 5.82 Å². The van der Waals surface area contributed by atoms with Crippen LogP contribution in [0.4, 0.5) is 4.39 Å². The summed E-state index contributed by atoms with van der Waals surface area (Å²) in [5.41, 5.74) is 5.89. The maximum atomic E-state index is 13.1. The van der Waals surface area contributed by atoms with Crippen LogP contribution >= 0.6 is 0 Å². The Morgan fingerprint density at radius 2 is 1.92 bits per heavy atom. The number of carbonyl (C=O) groups excluding carboxylic acids is 3. The zero-order chi connectivity index (χ0) is 17.9. The second-order valence-electron chi connectivity index (χ2n) is 6.32. The second-order valence-corrected chi connectivity index (χ2v) is 6.32. The summed E-state index contributed by atoms with van der Waals surface area (Å²) in [6.07, 6.45) is 0.128. The van der Waals surface area contributed by atoms with Gasteiger partial charge in [0.05, 0.1) is 6.04 Å². The normalized spacial score (nSPS) is 18.7. The van der Waals surface area contributed by atoms with E-state index in [1.807, 2.05) is 13.8 Å². The van der Waals surface area contributed by atoms with E-state index in [0.29, 0.717) is 6.54 Å². The Morgan fingerprint density at radius 3 is 2.46 bits per heavy atom. The number of amides is 3. The highest BCUT2D eigenvalue weighted by Crippen LogP contribution is 2.21. The van der Waals surface area contributed by atoms with E-state index in [1.165, 1.54) is 17.0 Å². The molecule has 1 aromatic carbocycles. The standard InChI is InChI=1S/C17H22FN3O3/c1-11(2)14-10-20(17(24)16(19)23)8-7-15(22)21(14)9-12-3-5-13(18)6-4-12/h3-6,11,14H,7-10H2,1-2H3,(H2,19,23)/t14-/m1/s1. The fourth-order valence-corrected chi connectivity index (χ4v) is 2.88. The molecule has 0 saturated carbocycles. The highest BCUT2D eigenvalue weighted by Gasteiger charge is 2.34. The zero-order valence-corrected chi connectivity index (χ0v) is 13.9. The third kappa shape index (κ3) is 4.10. The van der Waals surface area contributed by atoms with Crippen molar-refractivity contribution in [2.45, 2.75) is 32.9 Å². The number of benzene rings is 1. The minimum atomic E-state index is -1.02. The molecule has 7 heteroatoms. The number of carbonyl (C=O) groups is 3. The molecule has 2 rings (SSSR count). The van der Waals surface area contributed by atoms with Gasteiger partial charge in [-0.1, -0.05) is 26.0 Å². The van der Waals surface area contributed by atoms with Crippen LogP contribution in [0.5, 0.6) is 0 Å². The maximum Gasteiger partial charge on any atom is 0.311 e. The van der Waals surface area contributed by atoms with Crippen molar-refractivity contribution < 1.29 is 18.8 Å². The molecule has 130 valence electrons. The predicted molar refractivity (Wildman–Crippen MR) is 86.0 cm³/mol. The average Bonchev–Trinajstić information content (AvgIpc) is 2.69. The summed E-state index contributed by atoms with van der Waals surface area (Å²) < 4.78 is 13.1. The van der Waals surface area contributed by atoms with Crippen LogP contribution in [0.1, 0.15) is 25.8 Å². The molecule has 3 amide bonds. The number of hydrogen-bond donors (Lipinski definition) is 1. The Labute approximate surface area is 140 Å². The van der Waals surface area contributed by atoms with Gasteiger partial charge in [-0.05, 0) is 23.6 Å². The van der Waals surface area contributed by atoms with Crippen molar-refractivity contribution >= 4 is 17.7 Å². The van der Waals surface area contributed by atoms with Crippen LogP contribution in [-0.4, -0.2) is 46.7 Å². The van der Waals surface area contributed by atoms with Gasteiger partial charge in [-0.3, -0.25) is 14.4 Å². The molecule has 0 radical (unpaired) electrons. The van der Waals surface area contributed by atoms with E-state index in [-0.39, 0.29) is 43.2 Å². The van der Waals surface area contributed by atoms with Crippen molar-refractivity contribution in [1.29, 1.82) is 0 Å². The molecule has 1 aliphatic rings. The highest BCUT2D eigenvalue weighted by atomic mass is 19.1. The van der Waals surface area contributed by atoms with Gasteiger partial charge in [-0.15, -0.1) is 0 Å². The SMILES string of the molecule is CC(C)[C@H]1CN(C(=O)C(N)=O)CCC(=O)N1Cc1ccc(F)cc1. The van der Waals surface area contributed by atoms with E-state index in [2.05, 4.69) is 0 Å². The Hall–Kier alpha value is -2.44. The first-order chi connectivity index (χ1) is 11.3. The van der Waals surface area contributed by atoms with Crippen molar-refractivity contribution in [3.05, 3.63) is 35.6 Å². The lowest BCUT2D eigenvalue weighted by Gasteiger charge is -2.34. The van der Waals surface area contributed by atoms with Crippen molar-refractivity contribution in [1.82, 2.24) is 9.80 Å². The number of nitrogens with two attached hydrogens (primary N) is 1. The Morgan fingerprint density at radius 1 is 1.29 bits per heavy atom. The monoisotopic (exact) mass is 335 g/mol. The van der Waals surface area contributed by atoms with Gasteiger partial charge >= 0.3 is 11.8 Å². The molecule has 1 heterocycles. The van der Waals surface area contributed by atoms with Crippen molar-refractivity contribution in [2.24, 2.45) is 11.7 Å². The van der Waals surface area contributed by atoms with Crippen LogP contribution in [0.25, 0.3) is 0 Å². The number of hydrogen-bond acceptors (Lipinski definition) is 3. The molecule has 1 fully saturated rings. The fraction of sp³-hybridized carbons (Fsp3) is 0.471. The summed E-state index contributed by atoms with van der Waals surface area (Å²) in [6.45, 7) is 4.67. The first kappa shape index (κ1) is 17.9. The molecule has 0 aromatic heterocycles. The summed E-state index contributed by atoms with van der Waals surface area (Å²) in [6, 6.07) is 5.73.